The Bertz CT molecular complexity index is 98.4. The maximum absolute atomic E-state index is 9.96. The van der Waals surface area contributed by atoms with Crippen LogP contribution in [0.4, 0.5) is 0 Å². The predicted molar refractivity (Wildman–Crippen MR) is 40.3 cm³/mol. The van der Waals surface area contributed by atoms with Crippen LogP contribution in [0.1, 0.15) is 20.8 Å². The summed E-state index contributed by atoms with van der Waals surface area (Å²) in [6, 6.07) is 0. The van der Waals surface area contributed by atoms with Gasteiger partial charge in [0.2, 0.25) is 0 Å². The van der Waals surface area contributed by atoms with E-state index in [0.717, 1.165) is 0 Å². The van der Waals surface area contributed by atoms with E-state index in [-0.39, 0.29) is 5.41 Å². The van der Waals surface area contributed by atoms with Gasteiger partial charge in [0.1, 0.15) is 0 Å². The molecule has 0 bridgehead atoms. The van der Waals surface area contributed by atoms with Gasteiger partial charge in [-0.2, -0.15) is 0 Å². The molecular weight excluding hydrogens is 249 g/mol. The van der Waals surface area contributed by atoms with E-state index < -0.39 is 5.97 Å². The minimum atomic E-state index is -0.850. The first kappa shape index (κ1) is 13.1. The van der Waals surface area contributed by atoms with Crippen molar-refractivity contribution in [3.63, 3.8) is 0 Å². The first-order chi connectivity index (χ1) is 4.42. The van der Waals surface area contributed by atoms with E-state index in [0.29, 0.717) is 0 Å². The van der Waals surface area contributed by atoms with Crippen LogP contribution in [0.25, 0.3) is 0 Å². The topological polar surface area (TPSA) is 37.3 Å². The van der Waals surface area contributed by atoms with Gasteiger partial charge in [-0.15, -0.1) is 5.41 Å². The van der Waals surface area contributed by atoms with Crippen molar-refractivity contribution in [1.29, 1.82) is 0 Å². The zero-order valence-electron chi connectivity index (χ0n) is 6.52. The van der Waals surface area contributed by atoms with Gasteiger partial charge in [-0.25, -0.2) is 0 Å². The van der Waals surface area contributed by atoms with E-state index in [4.69, 9.17) is 5.11 Å². The van der Waals surface area contributed by atoms with Crippen molar-refractivity contribution in [2.45, 2.75) is 20.8 Å². The zero-order valence-corrected chi connectivity index (χ0v) is 11.1. The Labute approximate surface area is 78.4 Å². The Morgan fingerprint density at radius 1 is 1.50 bits per heavy atom. The van der Waals surface area contributed by atoms with Gasteiger partial charge in [0.05, 0.1) is 0 Å². The van der Waals surface area contributed by atoms with Gasteiger partial charge in [-0.3, -0.25) is 11.2 Å². The van der Waals surface area contributed by atoms with E-state index in [1.807, 2.05) is 20.8 Å². The molecule has 0 radical (unpaired) electrons. The monoisotopic (exact) mass is 258 g/mol. The van der Waals surface area contributed by atoms with Crippen LogP contribution >= 0.6 is 13.6 Å². The molecular formula is C6H11BrO2Zn. The number of hydrogen-bond donors (Lipinski definition) is 1. The molecule has 2 nitrogen and oxygen atoms in total. The SMILES string of the molecule is CC(C)(C)[CH-]C(=O)O.[Zn+][Br]. The first-order valence-electron chi connectivity index (χ1n) is 2.77. The van der Waals surface area contributed by atoms with Gasteiger partial charge in [0, 0.05) is 0 Å². The second kappa shape index (κ2) is 6.17. The van der Waals surface area contributed by atoms with E-state index >= 15 is 0 Å². The Hall–Kier alpha value is 0.443. The van der Waals surface area contributed by atoms with Gasteiger partial charge in [-0.1, -0.05) is 20.8 Å². The van der Waals surface area contributed by atoms with Crippen LogP contribution in [0, 0.1) is 11.8 Å². The Morgan fingerprint density at radius 2 is 1.80 bits per heavy atom. The summed E-state index contributed by atoms with van der Waals surface area (Å²) in [7, 11) is 0. The molecule has 0 aromatic heterocycles. The molecule has 0 amide bonds. The summed E-state index contributed by atoms with van der Waals surface area (Å²) >= 11 is 4.25. The molecule has 0 saturated heterocycles. The summed E-state index contributed by atoms with van der Waals surface area (Å²) in [4.78, 5) is 9.96. The summed E-state index contributed by atoms with van der Waals surface area (Å²) in [6.07, 6.45) is 1.27. The van der Waals surface area contributed by atoms with Crippen molar-refractivity contribution in [1.82, 2.24) is 0 Å². The summed E-state index contributed by atoms with van der Waals surface area (Å²) in [6.45, 7) is 5.54. The van der Waals surface area contributed by atoms with Crippen molar-refractivity contribution >= 4 is 19.6 Å². The summed E-state index contributed by atoms with van der Waals surface area (Å²) < 4.78 is 0. The predicted octanol–water partition coefficient (Wildman–Crippen LogP) is 2.16. The van der Waals surface area contributed by atoms with Gasteiger partial charge < -0.3 is 5.11 Å². The van der Waals surface area contributed by atoms with Crippen LogP contribution in [0.2, 0.25) is 0 Å². The molecule has 0 heterocycles. The van der Waals surface area contributed by atoms with Crippen molar-refractivity contribution in [3.05, 3.63) is 6.42 Å². The molecule has 0 aromatic rings. The van der Waals surface area contributed by atoms with E-state index in [2.05, 4.69) is 13.6 Å². The van der Waals surface area contributed by atoms with E-state index in [9.17, 15) is 4.79 Å². The fourth-order valence-corrected chi connectivity index (χ4v) is 0.370. The first-order valence-corrected chi connectivity index (χ1v) is 9.72. The third kappa shape index (κ3) is 15.8. The number of rotatable bonds is 1. The molecule has 0 aromatic carbocycles. The molecule has 0 aliphatic rings. The minimum absolute atomic E-state index is 0.203. The van der Waals surface area contributed by atoms with Crippen LogP contribution < -0.4 is 0 Å². The summed E-state index contributed by atoms with van der Waals surface area (Å²) in [5.74, 6) is -0.850. The van der Waals surface area contributed by atoms with Gasteiger partial charge >= 0.3 is 30.0 Å². The number of carboxylic acid groups (broad SMARTS) is 1. The Kier molecular flexibility index (Phi) is 8.06. The number of halogens is 1. The Balaban J connectivity index is 0. The fraction of sp³-hybridized carbons (Fsp3) is 0.667. The molecule has 0 saturated carbocycles. The standard InChI is InChI=1S/C6H11O2.BrH.Zn/c1-6(2,3)4-5(7)8;;/h4H,1-3H3,(H,7,8);1H;/q-1;;+2/p-1. The van der Waals surface area contributed by atoms with Gasteiger partial charge in [0.15, 0.2) is 5.97 Å². The summed E-state index contributed by atoms with van der Waals surface area (Å²) in [5.41, 5.74) is -0.203. The van der Waals surface area contributed by atoms with Gasteiger partial charge in [-0.05, 0) is 0 Å². The number of carboxylic acids is 1. The Morgan fingerprint density at radius 3 is 1.80 bits per heavy atom. The molecule has 0 aliphatic carbocycles. The molecule has 0 fully saturated rings. The number of carbonyl (C=O) groups is 1. The molecule has 4 heteroatoms. The second-order valence-corrected chi connectivity index (χ2v) is 2.85. The molecule has 0 spiro atoms. The zero-order chi connectivity index (χ0) is 8.78. The van der Waals surface area contributed by atoms with Crippen LogP contribution in [0.3, 0.4) is 0 Å². The van der Waals surface area contributed by atoms with Crippen molar-refractivity contribution < 1.29 is 26.2 Å². The molecule has 56 valence electrons. The molecule has 10 heavy (non-hydrogen) atoms. The summed E-state index contributed by atoms with van der Waals surface area (Å²) in [5, 5.41) is 8.19. The molecule has 0 unspecified atom stereocenters. The van der Waals surface area contributed by atoms with Crippen molar-refractivity contribution in [2.24, 2.45) is 5.41 Å². The third-order valence-electron chi connectivity index (χ3n) is 0.556. The quantitative estimate of drug-likeness (QED) is 0.579. The molecule has 0 atom stereocenters. The third-order valence-corrected chi connectivity index (χ3v) is 0.556. The normalized spacial score (nSPS) is 9.40. The number of aliphatic carboxylic acids is 1. The second-order valence-electron chi connectivity index (χ2n) is 2.85. The molecule has 1 N–H and O–H groups in total. The van der Waals surface area contributed by atoms with E-state index in [1.54, 1.807) is 0 Å². The van der Waals surface area contributed by atoms with Gasteiger partial charge in [0.25, 0.3) is 0 Å². The maximum atomic E-state index is 9.96. The fourth-order valence-electron chi connectivity index (χ4n) is 0.370. The molecule has 0 rings (SSSR count). The van der Waals surface area contributed by atoms with E-state index in [1.165, 1.54) is 22.8 Å². The van der Waals surface area contributed by atoms with Crippen LogP contribution in [0.15, 0.2) is 0 Å². The van der Waals surface area contributed by atoms with Crippen molar-refractivity contribution in [3.8, 4) is 0 Å². The average Bonchev–Trinajstić information content (AvgIpc) is 1.64. The van der Waals surface area contributed by atoms with Crippen LogP contribution in [-0.2, 0) is 21.1 Å². The van der Waals surface area contributed by atoms with Crippen LogP contribution in [0.5, 0.6) is 0 Å². The molecule has 0 aliphatic heterocycles. The average molecular weight is 260 g/mol. The van der Waals surface area contributed by atoms with Crippen LogP contribution in [-0.4, -0.2) is 11.1 Å². The van der Waals surface area contributed by atoms with Crippen molar-refractivity contribution in [2.75, 3.05) is 0 Å². The number of hydrogen-bond acceptors (Lipinski definition) is 1.